The Morgan fingerprint density at radius 2 is 1.84 bits per heavy atom. The van der Waals surface area contributed by atoms with Gasteiger partial charge in [0.05, 0.1) is 0 Å². The summed E-state index contributed by atoms with van der Waals surface area (Å²) in [5, 5.41) is 0. The number of hydrogen-bond donors (Lipinski definition) is 0. The van der Waals surface area contributed by atoms with Crippen molar-refractivity contribution in [2.75, 3.05) is 5.75 Å². The molecule has 0 aliphatic rings. The molecule has 0 saturated heterocycles. The fourth-order valence-corrected chi connectivity index (χ4v) is 4.14. The number of aromatic nitrogens is 1. The molecular formula is C16H16BrF3N2O2S. The summed E-state index contributed by atoms with van der Waals surface area (Å²) in [7, 11) is -4.57. The molecule has 0 radical (unpaired) electrons. The van der Waals surface area contributed by atoms with Crippen LogP contribution in [0.4, 0.5) is 13.2 Å². The second kappa shape index (κ2) is 7.84. The number of nitrogens with zero attached hydrogens (tertiary/aromatic N) is 2. The molecule has 9 heteroatoms. The first-order valence-electron chi connectivity index (χ1n) is 7.29. The van der Waals surface area contributed by atoms with Gasteiger partial charge in [-0.3, -0.25) is 4.98 Å². The summed E-state index contributed by atoms with van der Waals surface area (Å²) in [6, 6.07) is 9.24. The summed E-state index contributed by atoms with van der Waals surface area (Å²) in [6.45, 7) is 1.37. The van der Waals surface area contributed by atoms with E-state index in [0.717, 1.165) is 8.78 Å². The van der Waals surface area contributed by atoms with Crippen molar-refractivity contribution >= 4 is 26.0 Å². The third-order valence-corrected chi connectivity index (χ3v) is 5.93. The van der Waals surface area contributed by atoms with Crippen molar-refractivity contribution in [1.82, 2.24) is 9.29 Å². The lowest BCUT2D eigenvalue weighted by Crippen LogP contribution is -2.39. The molecule has 1 unspecified atom stereocenters. The lowest BCUT2D eigenvalue weighted by atomic mass is 10.1. The number of rotatable bonds is 6. The summed E-state index contributed by atoms with van der Waals surface area (Å²) in [5.41, 5.74) is 1.11. The first-order valence-corrected chi connectivity index (χ1v) is 9.69. The van der Waals surface area contributed by atoms with Gasteiger partial charge in [-0.15, -0.1) is 0 Å². The highest BCUT2D eigenvalue weighted by Gasteiger charge is 2.40. The molecule has 1 heterocycles. The third-order valence-electron chi connectivity index (χ3n) is 3.55. The zero-order chi connectivity index (χ0) is 18.7. The van der Waals surface area contributed by atoms with Crippen LogP contribution in [-0.4, -0.2) is 29.6 Å². The molecule has 25 heavy (non-hydrogen) atoms. The van der Waals surface area contributed by atoms with E-state index >= 15 is 0 Å². The van der Waals surface area contributed by atoms with Gasteiger partial charge < -0.3 is 0 Å². The van der Waals surface area contributed by atoms with Gasteiger partial charge in [-0.05, 0) is 36.2 Å². The van der Waals surface area contributed by atoms with Gasteiger partial charge in [0.25, 0.3) is 0 Å². The van der Waals surface area contributed by atoms with E-state index in [1.165, 1.54) is 12.4 Å². The van der Waals surface area contributed by atoms with Crippen LogP contribution >= 0.6 is 15.9 Å². The van der Waals surface area contributed by atoms with Crippen molar-refractivity contribution in [3.8, 4) is 0 Å². The second-order valence-corrected chi connectivity index (χ2v) is 8.34. The van der Waals surface area contributed by atoms with Gasteiger partial charge in [0.2, 0.25) is 10.0 Å². The fraction of sp³-hybridized carbons (Fsp3) is 0.312. The van der Waals surface area contributed by atoms with Crippen LogP contribution in [0, 0.1) is 0 Å². The van der Waals surface area contributed by atoms with E-state index in [9.17, 15) is 21.6 Å². The summed E-state index contributed by atoms with van der Waals surface area (Å²) in [5.74, 6) is -1.90. The SMILES string of the molecule is CC(c1ccc(Br)cc1)N(Cc1cccnc1)S(=O)(=O)CC(F)(F)F. The molecule has 0 aliphatic carbocycles. The molecule has 0 amide bonds. The quantitative estimate of drug-likeness (QED) is 0.678. The number of benzene rings is 1. The molecule has 0 fully saturated rings. The fourth-order valence-electron chi connectivity index (χ4n) is 2.35. The van der Waals surface area contributed by atoms with E-state index in [0.29, 0.717) is 11.1 Å². The Balaban J connectivity index is 2.39. The average molecular weight is 437 g/mol. The predicted molar refractivity (Wildman–Crippen MR) is 92.2 cm³/mol. The van der Waals surface area contributed by atoms with Gasteiger partial charge in [0, 0.05) is 29.5 Å². The van der Waals surface area contributed by atoms with Crippen LogP contribution in [-0.2, 0) is 16.6 Å². The van der Waals surface area contributed by atoms with Crippen molar-refractivity contribution in [2.45, 2.75) is 25.7 Å². The highest BCUT2D eigenvalue weighted by Crippen LogP contribution is 2.29. The zero-order valence-corrected chi connectivity index (χ0v) is 15.6. The van der Waals surface area contributed by atoms with E-state index in [1.807, 2.05) is 0 Å². The second-order valence-electron chi connectivity index (χ2n) is 5.51. The van der Waals surface area contributed by atoms with Crippen LogP contribution in [0.15, 0.2) is 53.3 Å². The Hall–Kier alpha value is -1.45. The van der Waals surface area contributed by atoms with Crippen molar-refractivity contribution in [3.05, 3.63) is 64.4 Å². The number of hydrogen-bond acceptors (Lipinski definition) is 3. The Kier molecular flexibility index (Phi) is 6.23. The molecule has 0 spiro atoms. The largest absolute Gasteiger partial charge is 0.404 e. The van der Waals surface area contributed by atoms with E-state index in [1.54, 1.807) is 43.3 Å². The van der Waals surface area contributed by atoms with Crippen LogP contribution in [0.25, 0.3) is 0 Å². The van der Waals surface area contributed by atoms with Crippen LogP contribution in [0.3, 0.4) is 0 Å². The molecule has 4 nitrogen and oxygen atoms in total. The molecule has 0 bridgehead atoms. The minimum absolute atomic E-state index is 0.191. The van der Waals surface area contributed by atoms with Gasteiger partial charge in [-0.25, -0.2) is 8.42 Å². The molecular weight excluding hydrogens is 421 g/mol. The topological polar surface area (TPSA) is 50.3 Å². The van der Waals surface area contributed by atoms with Gasteiger partial charge >= 0.3 is 6.18 Å². The lowest BCUT2D eigenvalue weighted by molar-refractivity contribution is -0.107. The number of halogens is 4. The third kappa shape index (κ3) is 5.79. The summed E-state index contributed by atoms with van der Waals surface area (Å²) >= 11 is 3.28. The normalized spacial score (nSPS) is 13.8. The first kappa shape index (κ1) is 19.9. The van der Waals surface area contributed by atoms with E-state index in [4.69, 9.17) is 0 Å². The standard InChI is InChI=1S/C16H16BrF3N2O2S/c1-12(14-4-6-15(17)7-5-14)22(10-13-3-2-8-21-9-13)25(23,24)11-16(18,19)20/h2-9,12H,10-11H2,1H3. The van der Waals surface area contributed by atoms with E-state index in [2.05, 4.69) is 20.9 Å². The monoisotopic (exact) mass is 436 g/mol. The molecule has 1 atom stereocenters. The Morgan fingerprint density at radius 3 is 2.36 bits per heavy atom. The van der Waals surface area contributed by atoms with Crippen LogP contribution < -0.4 is 0 Å². The van der Waals surface area contributed by atoms with Crippen molar-refractivity contribution in [2.24, 2.45) is 0 Å². The number of alkyl halides is 3. The summed E-state index contributed by atoms with van der Waals surface area (Å²) in [4.78, 5) is 3.89. The highest BCUT2D eigenvalue weighted by atomic mass is 79.9. The lowest BCUT2D eigenvalue weighted by Gasteiger charge is -2.29. The molecule has 0 N–H and O–H groups in total. The maximum atomic E-state index is 12.7. The highest BCUT2D eigenvalue weighted by molar-refractivity contribution is 9.10. The maximum Gasteiger partial charge on any atom is 0.404 e. The Bertz CT molecular complexity index is 796. The van der Waals surface area contributed by atoms with Crippen LogP contribution in [0.2, 0.25) is 0 Å². The van der Waals surface area contributed by atoms with Crippen molar-refractivity contribution in [1.29, 1.82) is 0 Å². The minimum Gasteiger partial charge on any atom is -0.264 e. The molecule has 136 valence electrons. The van der Waals surface area contributed by atoms with Crippen molar-refractivity contribution in [3.63, 3.8) is 0 Å². The smallest absolute Gasteiger partial charge is 0.264 e. The Morgan fingerprint density at radius 1 is 1.20 bits per heavy atom. The number of pyridine rings is 1. The number of sulfonamides is 1. The van der Waals surface area contributed by atoms with Gasteiger partial charge in [-0.2, -0.15) is 17.5 Å². The van der Waals surface area contributed by atoms with Gasteiger partial charge in [0.1, 0.15) is 0 Å². The molecule has 0 saturated carbocycles. The van der Waals surface area contributed by atoms with Gasteiger partial charge in [0.15, 0.2) is 5.75 Å². The molecule has 1 aromatic heterocycles. The molecule has 1 aromatic carbocycles. The van der Waals surface area contributed by atoms with Crippen molar-refractivity contribution < 1.29 is 21.6 Å². The van der Waals surface area contributed by atoms with Gasteiger partial charge in [-0.1, -0.05) is 34.1 Å². The van der Waals surface area contributed by atoms with Crippen LogP contribution in [0.5, 0.6) is 0 Å². The maximum absolute atomic E-state index is 12.7. The Labute approximate surface area is 152 Å². The average Bonchev–Trinajstić information content (AvgIpc) is 2.51. The summed E-state index contributed by atoms with van der Waals surface area (Å²) in [6.07, 6.45) is -1.87. The van der Waals surface area contributed by atoms with Crippen LogP contribution in [0.1, 0.15) is 24.1 Å². The predicted octanol–water partition coefficient (Wildman–Crippen LogP) is 4.30. The summed E-state index contributed by atoms with van der Waals surface area (Å²) < 4.78 is 64.7. The molecule has 2 aromatic rings. The van der Waals surface area contributed by atoms with E-state index in [-0.39, 0.29) is 6.54 Å². The first-order chi connectivity index (χ1) is 11.6. The molecule has 2 rings (SSSR count). The zero-order valence-electron chi connectivity index (χ0n) is 13.2. The van der Waals surface area contributed by atoms with E-state index < -0.39 is 28.0 Å². The molecule has 0 aliphatic heterocycles. The minimum atomic E-state index is -4.81.